The lowest BCUT2D eigenvalue weighted by atomic mass is 10.0. The number of hydrogen-bond donors (Lipinski definition) is 1. The van der Waals surface area contributed by atoms with Crippen molar-refractivity contribution in [3.05, 3.63) is 30.3 Å². The molecule has 3 rings (SSSR count). The molecule has 6 heteroatoms. The molecule has 1 saturated heterocycles. The highest BCUT2D eigenvalue weighted by Crippen LogP contribution is 2.30. The Morgan fingerprint density at radius 3 is 2.36 bits per heavy atom. The lowest BCUT2D eigenvalue weighted by molar-refractivity contribution is -0.112. The number of anilines is 1. The molecule has 0 radical (unpaired) electrons. The maximum absolute atomic E-state index is 11.1. The minimum Gasteiger partial charge on any atom is -0.453 e. The van der Waals surface area contributed by atoms with E-state index in [0.717, 1.165) is 38.2 Å². The van der Waals surface area contributed by atoms with Gasteiger partial charge >= 0.3 is 6.09 Å². The van der Waals surface area contributed by atoms with Crippen LogP contribution in [0.15, 0.2) is 30.3 Å². The predicted octanol–water partition coefficient (Wildman–Crippen LogP) is 2.96. The number of nitrogens with one attached hydrogen (secondary N) is 1. The summed E-state index contributed by atoms with van der Waals surface area (Å²) in [6, 6.07) is 10.1. The molecule has 0 atom stereocenters. The smallest absolute Gasteiger partial charge is 0.409 e. The molecule has 1 aromatic rings. The van der Waals surface area contributed by atoms with Crippen LogP contribution in [0.5, 0.6) is 0 Å². The van der Waals surface area contributed by atoms with E-state index in [1.165, 1.54) is 7.11 Å². The second kappa shape index (κ2) is 8.03. The Kier molecular flexibility index (Phi) is 6.07. The third-order valence-electron chi connectivity index (χ3n) is 3.66. The molecule has 2 fully saturated rings. The summed E-state index contributed by atoms with van der Waals surface area (Å²) in [4.78, 5) is 22.8. The number of ether oxygens (including phenoxy) is 1. The molecule has 1 aromatic carbocycles. The summed E-state index contributed by atoms with van der Waals surface area (Å²) in [6.45, 7) is 2.47. The van der Waals surface area contributed by atoms with Gasteiger partial charge in [-0.25, -0.2) is 4.79 Å². The SMILES string of the molecule is COC(=O)N1CC(CNc2ccccc2)C1.O=C(Cl)C1CC1. The number of para-hydroxylation sites is 1. The molecule has 2 aliphatic rings. The van der Waals surface area contributed by atoms with Gasteiger partial charge in [0.2, 0.25) is 5.24 Å². The van der Waals surface area contributed by atoms with Gasteiger partial charge in [-0.3, -0.25) is 4.79 Å². The van der Waals surface area contributed by atoms with E-state index in [2.05, 4.69) is 10.1 Å². The van der Waals surface area contributed by atoms with Crippen molar-refractivity contribution in [1.82, 2.24) is 4.90 Å². The number of nitrogens with zero attached hydrogens (tertiary/aromatic N) is 1. The van der Waals surface area contributed by atoms with Gasteiger partial charge in [0.05, 0.1) is 7.11 Å². The van der Waals surface area contributed by atoms with Crippen molar-refractivity contribution in [3.63, 3.8) is 0 Å². The molecular formula is C16H21ClN2O3. The Bertz CT molecular complexity index is 499. The topological polar surface area (TPSA) is 58.6 Å². The number of carbonyl (C=O) groups is 2. The molecule has 0 aromatic heterocycles. The van der Waals surface area contributed by atoms with Crippen LogP contribution in [0.1, 0.15) is 12.8 Å². The van der Waals surface area contributed by atoms with Crippen molar-refractivity contribution in [2.45, 2.75) is 12.8 Å². The first-order valence-corrected chi connectivity index (χ1v) is 7.79. The van der Waals surface area contributed by atoms with Crippen molar-refractivity contribution in [2.75, 3.05) is 32.1 Å². The van der Waals surface area contributed by atoms with Gasteiger partial charge in [-0.1, -0.05) is 18.2 Å². The summed E-state index contributed by atoms with van der Waals surface area (Å²) in [5.41, 5.74) is 1.12. The van der Waals surface area contributed by atoms with Crippen LogP contribution in [-0.4, -0.2) is 43.0 Å². The summed E-state index contributed by atoms with van der Waals surface area (Å²) < 4.78 is 4.63. The standard InChI is InChI=1S/C12H16N2O2.C4H5ClO/c1-16-12(15)14-8-10(9-14)7-13-11-5-3-2-4-6-11;5-4(6)3-1-2-3/h2-6,10,13H,7-9H2,1H3;3H,1-2H2. The van der Waals surface area contributed by atoms with Gasteiger partial charge in [-0.15, -0.1) is 0 Å². The molecule has 1 heterocycles. The highest BCUT2D eigenvalue weighted by Gasteiger charge is 2.30. The first-order valence-electron chi connectivity index (χ1n) is 7.41. The molecule has 0 unspecified atom stereocenters. The van der Waals surface area contributed by atoms with Gasteiger partial charge in [0, 0.05) is 37.2 Å². The summed E-state index contributed by atoms with van der Waals surface area (Å²) in [5.74, 6) is 0.756. The van der Waals surface area contributed by atoms with E-state index in [9.17, 15) is 9.59 Å². The predicted molar refractivity (Wildman–Crippen MR) is 86.0 cm³/mol. The quantitative estimate of drug-likeness (QED) is 0.865. The van der Waals surface area contributed by atoms with E-state index < -0.39 is 0 Å². The van der Waals surface area contributed by atoms with Gasteiger partial charge in [0.1, 0.15) is 0 Å². The number of halogens is 1. The van der Waals surface area contributed by atoms with Crippen molar-refractivity contribution < 1.29 is 14.3 Å². The van der Waals surface area contributed by atoms with Crippen LogP contribution in [0.4, 0.5) is 10.5 Å². The molecule has 120 valence electrons. The van der Waals surface area contributed by atoms with E-state index in [-0.39, 0.29) is 17.3 Å². The normalized spacial score (nSPS) is 16.9. The van der Waals surface area contributed by atoms with Gasteiger partial charge in [0.25, 0.3) is 0 Å². The maximum atomic E-state index is 11.1. The van der Waals surface area contributed by atoms with Crippen LogP contribution in [0.25, 0.3) is 0 Å². The number of methoxy groups -OCH3 is 1. The van der Waals surface area contributed by atoms with Crippen molar-refractivity contribution in [1.29, 1.82) is 0 Å². The summed E-state index contributed by atoms with van der Waals surface area (Å²) >= 11 is 5.04. The lowest BCUT2D eigenvalue weighted by Crippen LogP contribution is -2.52. The summed E-state index contributed by atoms with van der Waals surface area (Å²) in [6.07, 6.45) is 1.81. The second-order valence-electron chi connectivity index (χ2n) is 5.57. The molecule has 22 heavy (non-hydrogen) atoms. The largest absolute Gasteiger partial charge is 0.453 e. The van der Waals surface area contributed by atoms with E-state index in [1.54, 1.807) is 4.90 Å². The van der Waals surface area contributed by atoms with E-state index in [1.807, 2.05) is 30.3 Å². The average molecular weight is 325 g/mol. The number of benzene rings is 1. The van der Waals surface area contributed by atoms with Crippen molar-refractivity contribution >= 4 is 28.6 Å². The zero-order chi connectivity index (χ0) is 15.9. The Morgan fingerprint density at radius 2 is 1.91 bits per heavy atom. The van der Waals surface area contributed by atoms with Gasteiger partial charge < -0.3 is 15.0 Å². The Morgan fingerprint density at radius 1 is 1.27 bits per heavy atom. The fraction of sp³-hybridized carbons (Fsp3) is 0.500. The summed E-state index contributed by atoms with van der Waals surface area (Å²) in [5, 5.41) is 3.19. The number of hydrogen-bond acceptors (Lipinski definition) is 4. The fourth-order valence-corrected chi connectivity index (χ4v) is 2.32. The first kappa shape index (κ1) is 16.6. The lowest BCUT2D eigenvalue weighted by Gasteiger charge is -2.38. The van der Waals surface area contributed by atoms with E-state index >= 15 is 0 Å². The number of rotatable bonds is 4. The van der Waals surface area contributed by atoms with Gasteiger partial charge in [-0.05, 0) is 36.6 Å². The number of likely N-dealkylation sites (tertiary alicyclic amines) is 1. The van der Waals surface area contributed by atoms with Crippen LogP contribution >= 0.6 is 11.6 Å². The summed E-state index contributed by atoms with van der Waals surface area (Å²) in [7, 11) is 1.41. The second-order valence-corrected chi connectivity index (χ2v) is 5.94. The van der Waals surface area contributed by atoms with Gasteiger partial charge in [-0.2, -0.15) is 0 Å². The third-order valence-corrected chi connectivity index (χ3v) is 3.97. The average Bonchev–Trinajstić information content (AvgIpc) is 3.31. The van der Waals surface area contributed by atoms with E-state index in [4.69, 9.17) is 11.6 Å². The molecule has 1 aliphatic carbocycles. The molecule has 1 aliphatic heterocycles. The highest BCUT2D eigenvalue weighted by molar-refractivity contribution is 6.64. The van der Waals surface area contributed by atoms with Gasteiger partial charge in [0.15, 0.2) is 0 Å². The van der Waals surface area contributed by atoms with Crippen LogP contribution < -0.4 is 5.32 Å². The van der Waals surface area contributed by atoms with Crippen LogP contribution in [0.2, 0.25) is 0 Å². The molecule has 1 amide bonds. The molecule has 1 N–H and O–H groups in total. The maximum Gasteiger partial charge on any atom is 0.409 e. The van der Waals surface area contributed by atoms with Crippen LogP contribution in [0.3, 0.4) is 0 Å². The zero-order valence-electron chi connectivity index (χ0n) is 12.6. The molecular weight excluding hydrogens is 304 g/mol. The Labute approximate surface area is 135 Å². The molecule has 0 bridgehead atoms. The minimum absolute atomic E-state index is 0.157. The third kappa shape index (κ3) is 5.22. The Hall–Kier alpha value is -1.75. The minimum atomic E-state index is -0.226. The van der Waals surface area contributed by atoms with Crippen molar-refractivity contribution in [2.24, 2.45) is 11.8 Å². The van der Waals surface area contributed by atoms with Crippen LogP contribution in [-0.2, 0) is 9.53 Å². The molecule has 5 nitrogen and oxygen atoms in total. The fourth-order valence-electron chi connectivity index (χ4n) is 2.11. The molecule has 0 spiro atoms. The Balaban J connectivity index is 0.000000246. The van der Waals surface area contributed by atoms with Crippen molar-refractivity contribution in [3.8, 4) is 0 Å². The zero-order valence-corrected chi connectivity index (χ0v) is 13.4. The van der Waals surface area contributed by atoms with Crippen LogP contribution in [0, 0.1) is 11.8 Å². The molecule has 1 saturated carbocycles. The monoisotopic (exact) mass is 324 g/mol. The first-order chi connectivity index (χ1) is 10.6. The number of carbonyl (C=O) groups excluding carboxylic acids is 2. The van der Waals surface area contributed by atoms with E-state index in [0.29, 0.717) is 5.92 Å². The number of amides is 1. The highest BCUT2D eigenvalue weighted by atomic mass is 35.5.